The summed E-state index contributed by atoms with van der Waals surface area (Å²) in [5.41, 5.74) is 3.67. The minimum absolute atomic E-state index is 0.422. The lowest BCUT2D eigenvalue weighted by Gasteiger charge is -1.97. The van der Waals surface area contributed by atoms with E-state index in [4.69, 9.17) is 8.83 Å². The number of rotatable bonds is 3. The van der Waals surface area contributed by atoms with Gasteiger partial charge in [-0.1, -0.05) is 13.8 Å². The predicted octanol–water partition coefficient (Wildman–Crippen LogP) is 3.21. The summed E-state index contributed by atoms with van der Waals surface area (Å²) in [7, 11) is 0. The first-order valence-electron chi connectivity index (χ1n) is 6.36. The highest BCUT2D eigenvalue weighted by atomic mass is 16.4. The summed E-state index contributed by atoms with van der Waals surface area (Å²) in [5, 5.41) is 0. The molecule has 0 fully saturated rings. The quantitative estimate of drug-likeness (QED) is 0.674. The zero-order valence-electron chi connectivity index (χ0n) is 11.1. The normalized spacial score (nSPS) is 11.5. The van der Waals surface area contributed by atoms with Crippen LogP contribution in [-0.2, 0) is 12.8 Å². The van der Waals surface area contributed by atoms with Crippen LogP contribution in [0.5, 0.6) is 0 Å². The number of nitrogens with zero attached hydrogens (tertiary/aromatic N) is 2. The lowest BCUT2D eigenvalue weighted by atomic mass is 10.1. The van der Waals surface area contributed by atoms with E-state index < -0.39 is 0 Å². The molecule has 0 saturated carbocycles. The molecule has 1 aromatic carbocycles. The summed E-state index contributed by atoms with van der Waals surface area (Å²) in [4.78, 5) is 20.1. The molecule has 3 rings (SSSR count). The average Bonchev–Trinajstić information content (AvgIpc) is 3.03. The Hall–Kier alpha value is -2.17. The van der Waals surface area contributed by atoms with Gasteiger partial charge < -0.3 is 8.83 Å². The smallest absolute Gasteiger partial charge is 0.195 e. The van der Waals surface area contributed by atoms with Gasteiger partial charge in [0.25, 0.3) is 0 Å². The monoisotopic (exact) mass is 258 g/mol. The molecular weight excluding hydrogens is 244 g/mol. The second-order valence-corrected chi connectivity index (χ2v) is 4.43. The van der Waals surface area contributed by atoms with E-state index in [0.29, 0.717) is 52.4 Å². The van der Waals surface area contributed by atoms with Gasteiger partial charge in [0.15, 0.2) is 29.2 Å². The van der Waals surface area contributed by atoms with Crippen LogP contribution in [0.3, 0.4) is 0 Å². The highest BCUT2D eigenvalue weighted by Crippen LogP contribution is 2.32. The van der Waals surface area contributed by atoms with Crippen molar-refractivity contribution in [2.24, 2.45) is 0 Å². The zero-order valence-corrected chi connectivity index (χ0v) is 11.1. The molecule has 0 unspecified atom stereocenters. The van der Waals surface area contributed by atoms with Crippen molar-refractivity contribution in [3.8, 4) is 0 Å². The van der Waals surface area contributed by atoms with Gasteiger partial charge in [0, 0.05) is 18.4 Å². The molecule has 0 aliphatic carbocycles. The van der Waals surface area contributed by atoms with Crippen molar-refractivity contribution in [3.63, 3.8) is 0 Å². The molecule has 0 amide bonds. The first-order chi connectivity index (χ1) is 9.19. The Morgan fingerprint density at radius 1 is 1.00 bits per heavy atom. The van der Waals surface area contributed by atoms with Crippen LogP contribution >= 0.6 is 0 Å². The van der Waals surface area contributed by atoms with E-state index in [-0.39, 0.29) is 0 Å². The van der Waals surface area contributed by atoms with E-state index in [1.54, 1.807) is 0 Å². The van der Waals surface area contributed by atoms with Crippen molar-refractivity contribution >= 4 is 28.5 Å². The lowest BCUT2D eigenvalue weighted by molar-refractivity contribution is 0.112. The van der Waals surface area contributed by atoms with Gasteiger partial charge >= 0.3 is 0 Å². The molecule has 2 heterocycles. The van der Waals surface area contributed by atoms with Crippen molar-refractivity contribution in [1.82, 2.24) is 9.97 Å². The van der Waals surface area contributed by atoms with Crippen LogP contribution in [0.2, 0.25) is 0 Å². The summed E-state index contributed by atoms with van der Waals surface area (Å²) in [5.74, 6) is 1.23. The van der Waals surface area contributed by atoms with E-state index >= 15 is 0 Å². The molecule has 19 heavy (non-hydrogen) atoms. The topological polar surface area (TPSA) is 69.1 Å². The largest absolute Gasteiger partial charge is 0.440 e. The Kier molecular flexibility index (Phi) is 2.62. The van der Waals surface area contributed by atoms with Crippen LogP contribution in [0.25, 0.3) is 22.2 Å². The lowest BCUT2D eigenvalue weighted by Crippen LogP contribution is -1.88. The molecule has 0 spiro atoms. The third-order valence-electron chi connectivity index (χ3n) is 3.26. The SMILES string of the molecule is CCc1nc2c(C=O)c3oc(CC)nc3c(C)c2o1. The number of benzene rings is 1. The van der Waals surface area contributed by atoms with Crippen molar-refractivity contribution in [2.75, 3.05) is 0 Å². The van der Waals surface area contributed by atoms with Crippen LogP contribution < -0.4 is 0 Å². The summed E-state index contributed by atoms with van der Waals surface area (Å²) in [6.07, 6.45) is 2.12. The van der Waals surface area contributed by atoms with E-state index in [9.17, 15) is 4.79 Å². The molecule has 98 valence electrons. The maximum Gasteiger partial charge on any atom is 0.195 e. The number of hydrogen-bond acceptors (Lipinski definition) is 5. The maximum absolute atomic E-state index is 11.4. The summed E-state index contributed by atoms with van der Waals surface area (Å²) < 4.78 is 11.3. The number of oxazole rings is 2. The number of aldehydes is 1. The number of hydrogen-bond donors (Lipinski definition) is 0. The number of fused-ring (bicyclic) bond motifs is 2. The van der Waals surface area contributed by atoms with Crippen molar-refractivity contribution in [1.29, 1.82) is 0 Å². The molecule has 0 aliphatic rings. The number of aryl methyl sites for hydroxylation is 3. The molecule has 3 aromatic rings. The predicted molar refractivity (Wildman–Crippen MR) is 70.5 cm³/mol. The van der Waals surface area contributed by atoms with Gasteiger partial charge in [0.1, 0.15) is 11.0 Å². The average molecular weight is 258 g/mol. The van der Waals surface area contributed by atoms with Crippen LogP contribution in [0.15, 0.2) is 8.83 Å². The second-order valence-electron chi connectivity index (χ2n) is 4.43. The van der Waals surface area contributed by atoms with Gasteiger partial charge in [-0.2, -0.15) is 0 Å². The third kappa shape index (κ3) is 1.58. The number of aromatic nitrogens is 2. The Morgan fingerprint density at radius 2 is 1.58 bits per heavy atom. The van der Waals surface area contributed by atoms with Gasteiger partial charge in [-0.15, -0.1) is 0 Å². The first kappa shape index (κ1) is 11.9. The van der Waals surface area contributed by atoms with E-state index in [1.807, 2.05) is 20.8 Å². The van der Waals surface area contributed by atoms with Gasteiger partial charge in [-0.25, -0.2) is 9.97 Å². The van der Waals surface area contributed by atoms with Gasteiger partial charge in [-0.05, 0) is 6.92 Å². The highest BCUT2D eigenvalue weighted by molar-refractivity contribution is 6.08. The maximum atomic E-state index is 11.4. The fourth-order valence-electron chi connectivity index (χ4n) is 2.23. The Labute approximate surface area is 109 Å². The van der Waals surface area contributed by atoms with E-state index in [1.165, 1.54) is 0 Å². The Balaban J connectivity index is 2.50. The third-order valence-corrected chi connectivity index (χ3v) is 3.26. The van der Waals surface area contributed by atoms with Crippen LogP contribution in [0.4, 0.5) is 0 Å². The Bertz CT molecular complexity index is 723. The summed E-state index contributed by atoms with van der Waals surface area (Å²) in [6, 6.07) is 0. The number of carbonyl (C=O) groups excluding carboxylic acids is 1. The van der Waals surface area contributed by atoms with Gasteiger partial charge in [0.05, 0.1) is 5.56 Å². The molecule has 0 atom stereocenters. The fourth-order valence-corrected chi connectivity index (χ4v) is 2.23. The molecule has 5 heteroatoms. The van der Waals surface area contributed by atoms with Crippen LogP contribution in [0, 0.1) is 6.92 Å². The molecule has 0 radical (unpaired) electrons. The fraction of sp³-hybridized carbons (Fsp3) is 0.357. The van der Waals surface area contributed by atoms with Crippen LogP contribution in [-0.4, -0.2) is 16.3 Å². The second kappa shape index (κ2) is 4.19. The van der Waals surface area contributed by atoms with Crippen molar-refractivity contribution < 1.29 is 13.6 Å². The van der Waals surface area contributed by atoms with E-state index in [2.05, 4.69) is 9.97 Å². The molecule has 5 nitrogen and oxygen atoms in total. The standard InChI is InChI=1S/C14H14N2O3/c1-4-9-15-11-7(3)13-12(16-10(5-2)18-13)8(6-17)14(11)19-9/h6H,4-5H2,1-3H3. The van der Waals surface area contributed by atoms with Gasteiger partial charge in [-0.3, -0.25) is 4.79 Å². The summed E-state index contributed by atoms with van der Waals surface area (Å²) in [6.45, 7) is 5.82. The molecular formula is C14H14N2O3. The molecule has 0 N–H and O–H groups in total. The van der Waals surface area contributed by atoms with E-state index in [0.717, 1.165) is 11.8 Å². The molecule has 2 aromatic heterocycles. The molecule has 0 saturated heterocycles. The minimum Gasteiger partial charge on any atom is -0.440 e. The first-order valence-corrected chi connectivity index (χ1v) is 6.36. The van der Waals surface area contributed by atoms with Crippen molar-refractivity contribution in [3.05, 3.63) is 22.9 Å². The van der Waals surface area contributed by atoms with Crippen molar-refractivity contribution in [2.45, 2.75) is 33.6 Å². The zero-order chi connectivity index (χ0) is 13.6. The van der Waals surface area contributed by atoms with Gasteiger partial charge in [0.2, 0.25) is 0 Å². The highest BCUT2D eigenvalue weighted by Gasteiger charge is 2.21. The number of carbonyl (C=O) groups is 1. The van der Waals surface area contributed by atoms with Crippen LogP contribution in [0.1, 0.15) is 41.6 Å². The Morgan fingerprint density at radius 3 is 2.16 bits per heavy atom. The summed E-state index contributed by atoms with van der Waals surface area (Å²) >= 11 is 0. The minimum atomic E-state index is 0.422. The molecule has 0 aliphatic heterocycles. The molecule has 0 bridgehead atoms.